The first kappa shape index (κ1) is 15.9. The summed E-state index contributed by atoms with van der Waals surface area (Å²) in [5, 5.41) is 0. The first-order valence-electron chi connectivity index (χ1n) is 6.09. The van der Waals surface area contributed by atoms with E-state index >= 15 is 0 Å². The molecular weight excluding hydrogens is 220 g/mol. The summed E-state index contributed by atoms with van der Waals surface area (Å²) in [6.07, 6.45) is 0.865. The van der Waals surface area contributed by atoms with Crippen LogP contribution in [0.15, 0.2) is 36.6 Å². The van der Waals surface area contributed by atoms with Crippen molar-refractivity contribution >= 4 is 0 Å². The quantitative estimate of drug-likeness (QED) is 0.662. The molecule has 1 saturated heterocycles. The van der Waals surface area contributed by atoms with E-state index in [1.807, 2.05) is 13.8 Å². The van der Waals surface area contributed by atoms with E-state index < -0.39 is 11.7 Å². The summed E-state index contributed by atoms with van der Waals surface area (Å²) in [6.45, 7) is 16.4. The van der Waals surface area contributed by atoms with Gasteiger partial charge in [-0.25, -0.2) is 8.78 Å². The first-order chi connectivity index (χ1) is 7.97. The zero-order chi connectivity index (χ0) is 13.6. The van der Waals surface area contributed by atoms with Gasteiger partial charge in [0.2, 0.25) is 0 Å². The Labute approximate surface area is 104 Å². The fourth-order valence-corrected chi connectivity index (χ4v) is 1.72. The van der Waals surface area contributed by atoms with Gasteiger partial charge in [0.05, 0.1) is 5.70 Å². The predicted molar refractivity (Wildman–Crippen MR) is 69.8 cm³/mol. The molecule has 2 unspecified atom stereocenters. The largest absolute Gasteiger partial charge is 0.369 e. The van der Waals surface area contributed by atoms with Gasteiger partial charge in [0.25, 0.3) is 0 Å². The molecule has 17 heavy (non-hydrogen) atoms. The van der Waals surface area contributed by atoms with Crippen molar-refractivity contribution in [2.45, 2.75) is 27.7 Å². The molecule has 1 fully saturated rings. The molecule has 1 rings (SSSR count). The maximum absolute atomic E-state index is 13.4. The Morgan fingerprint density at radius 3 is 1.94 bits per heavy atom. The van der Waals surface area contributed by atoms with Gasteiger partial charge in [0.15, 0.2) is 11.7 Å². The predicted octanol–water partition coefficient (Wildman–Crippen LogP) is 4.45. The maximum Gasteiger partial charge on any atom is 0.181 e. The van der Waals surface area contributed by atoms with Crippen LogP contribution in [0, 0.1) is 11.8 Å². The lowest BCUT2D eigenvalue weighted by molar-refractivity contribution is 0.385. The number of halogens is 2. The van der Waals surface area contributed by atoms with E-state index in [1.54, 1.807) is 4.90 Å². The van der Waals surface area contributed by atoms with Gasteiger partial charge in [-0.1, -0.05) is 40.9 Å². The standard InChI is InChI=1S/C12H17F2N.C2H6/c1-5-11(13)12(14)10(4)15-6-8(2)9(3)7-15;1-2/h5,8-9H,1,4,6-7H2,2-3H3;1-2H3/b12-11-;. The summed E-state index contributed by atoms with van der Waals surface area (Å²) in [5.41, 5.74) is 0.128. The Bertz CT molecular complexity index is 297. The van der Waals surface area contributed by atoms with Gasteiger partial charge in [0, 0.05) is 13.1 Å². The van der Waals surface area contributed by atoms with Gasteiger partial charge >= 0.3 is 0 Å². The molecule has 1 aliphatic heterocycles. The third-order valence-electron chi connectivity index (χ3n) is 3.01. The smallest absolute Gasteiger partial charge is 0.181 e. The normalized spacial score (nSPS) is 24.7. The SMILES string of the molecule is C=C/C(F)=C(/F)C(=C)N1CC(C)C(C)C1.CC. The van der Waals surface area contributed by atoms with E-state index in [9.17, 15) is 8.78 Å². The van der Waals surface area contributed by atoms with Gasteiger partial charge in [-0.05, 0) is 17.9 Å². The summed E-state index contributed by atoms with van der Waals surface area (Å²) in [6, 6.07) is 0. The van der Waals surface area contributed by atoms with E-state index in [4.69, 9.17) is 0 Å². The van der Waals surface area contributed by atoms with Crippen molar-refractivity contribution in [3.63, 3.8) is 0 Å². The molecule has 0 aliphatic carbocycles. The minimum atomic E-state index is -0.938. The Morgan fingerprint density at radius 1 is 1.18 bits per heavy atom. The number of rotatable bonds is 3. The van der Waals surface area contributed by atoms with Crippen LogP contribution in [-0.2, 0) is 0 Å². The van der Waals surface area contributed by atoms with Crippen LogP contribution in [0.4, 0.5) is 8.78 Å². The number of likely N-dealkylation sites (tertiary alicyclic amines) is 1. The van der Waals surface area contributed by atoms with Crippen molar-refractivity contribution in [1.29, 1.82) is 0 Å². The second-order valence-corrected chi connectivity index (χ2v) is 4.17. The summed E-state index contributed by atoms with van der Waals surface area (Å²) >= 11 is 0. The van der Waals surface area contributed by atoms with E-state index in [-0.39, 0.29) is 5.70 Å². The highest BCUT2D eigenvalue weighted by Gasteiger charge is 2.28. The van der Waals surface area contributed by atoms with Gasteiger partial charge in [-0.2, -0.15) is 0 Å². The van der Waals surface area contributed by atoms with Crippen molar-refractivity contribution in [3.8, 4) is 0 Å². The topological polar surface area (TPSA) is 3.24 Å². The molecule has 1 nitrogen and oxygen atoms in total. The molecule has 0 amide bonds. The number of hydrogen-bond donors (Lipinski definition) is 0. The van der Waals surface area contributed by atoms with E-state index in [0.717, 1.165) is 19.2 Å². The zero-order valence-corrected chi connectivity index (χ0v) is 11.3. The van der Waals surface area contributed by atoms with Gasteiger partial charge in [-0.3, -0.25) is 0 Å². The number of nitrogens with zero attached hydrogens (tertiary/aromatic N) is 1. The fourth-order valence-electron chi connectivity index (χ4n) is 1.72. The third kappa shape index (κ3) is 3.99. The molecule has 0 saturated carbocycles. The minimum Gasteiger partial charge on any atom is -0.369 e. The molecular formula is C14H23F2N. The minimum absolute atomic E-state index is 0.128. The van der Waals surface area contributed by atoms with Crippen LogP contribution in [0.5, 0.6) is 0 Å². The van der Waals surface area contributed by atoms with Crippen molar-refractivity contribution in [2.24, 2.45) is 11.8 Å². The zero-order valence-electron chi connectivity index (χ0n) is 11.3. The first-order valence-corrected chi connectivity index (χ1v) is 6.09. The van der Waals surface area contributed by atoms with Crippen LogP contribution < -0.4 is 0 Å². The molecule has 1 heterocycles. The highest BCUT2D eigenvalue weighted by molar-refractivity contribution is 5.29. The molecule has 0 N–H and O–H groups in total. The molecule has 3 heteroatoms. The molecule has 0 aromatic carbocycles. The summed E-state index contributed by atoms with van der Waals surface area (Å²) in [4.78, 5) is 1.79. The van der Waals surface area contributed by atoms with Crippen LogP contribution in [-0.4, -0.2) is 18.0 Å². The Kier molecular flexibility index (Phi) is 6.78. The fraction of sp³-hybridized carbons (Fsp3) is 0.571. The number of hydrogen-bond acceptors (Lipinski definition) is 1. The summed E-state index contributed by atoms with van der Waals surface area (Å²) in [7, 11) is 0. The Morgan fingerprint density at radius 2 is 1.59 bits per heavy atom. The molecule has 1 aliphatic rings. The lowest BCUT2D eigenvalue weighted by atomic mass is 10.0. The van der Waals surface area contributed by atoms with Crippen molar-refractivity contribution in [2.75, 3.05) is 13.1 Å². The maximum atomic E-state index is 13.4. The van der Waals surface area contributed by atoms with Crippen LogP contribution in [0.2, 0.25) is 0 Å². The molecule has 0 spiro atoms. The summed E-state index contributed by atoms with van der Waals surface area (Å²) < 4.78 is 26.3. The molecule has 0 aromatic rings. The second kappa shape index (κ2) is 7.25. The lowest BCUT2D eigenvalue weighted by Crippen LogP contribution is -2.20. The van der Waals surface area contributed by atoms with E-state index in [0.29, 0.717) is 11.8 Å². The molecule has 2 atom stereocenters. The Balaban J connectivity index is 0.00000121. The molecule has 0 bridgehead atoms. The summed E-state index contributed by atoms with van der Waals surface area (Å²) in [5.74, 6) is -0.860. The molecule has 98 valence electrons. The van der Waals surface area contributed by atoms with Crippen molar-refractivity contribution < 1.29 is 8.78 Å². The van der Waals surface area contributed by atoms with Crippen LogP contribution in [0.25, 0.3) is 0 Å². The van der Waals surface area contributed by atoms with Gasteiger partial charge in [-0.15, -0.1) is 0 Å². The van der Waals surface area contributed by atoms with Gasteiger partial charge in [0.1, 0.15) is 0 Å². The van der Waals surface area contributed by atoms with E-state index in [1.165, 1.54) is 0 Å². The Hall–Kier alpha value is -1.12. The van der Waals surface area contributed by atoms with Crippen LogP contribution in [0.1, 0.15) is 27.7 Å². The monoisotopic (exact) mass is 243 g/mol. The van der Waals surface area contributed by atoms with Crippen molar-refractivity contribution in [1.82, 2.24) is 4.90 Å². The van der Waals surface area contributed by atoms with Crippen LogP contribution in [0.3, 0.4) is 0 Å². The highest BCUT2D eigenvalue weighted by atomic mass is 19.2. The molecule has 0 aromatic heterocycles. The average molecular weight is 243 g/mol. The third-order valence-corrected chi connectivity index (χ3v) is 3.01. The number of allylic oxidation sites excluding steroid dienone is 3. The highest BCUT2D eigenvalue weighted by Crippen LogP contribution is 2.29. The van der Waals surface area contributed by atoms with Crippen molar-refractivity contribution in [3.05, 3.63) is 36.6 Å². The average Bonchev–Trinajstić information content (AvgIpc) is 2.69. The van der Waals surface area contributed by atoms with E-state index in [2.05, 4.69) is 27.0 Å². The van der Waals surface area contributed by atoms with Crippen LogP contribution >= 0.6 is 0 Å². The molecule has 0 radical (unpaired) electrons. The van der Waals surface area contributed by atoms with Gasteiger partial charge < -0.3 is 4.90 Å². The lowest BCUT2D eigenvalue weighted by Gasteiger charge is -2.19. The second-order valence-electron chi connectivity index (χ2n) is 4.17.